The van der Waals surface area contributed by atoms with E-state index in [0.29, 0.717) is 17.4 Å². The monoisotopic (exact) mass is 418 g/mol. The standard InChI is InChI=1S/C19H16BrFN2O3/c20-14-3-1-11(7-15(14)21)8-18-22-16-4-2-12(19(24)25)9-17(16)23(18)10-13-5-6-26-13/h1-4,7,9,13H,5-6,8,10H2,(H,24,25)/t13-/m0/s1. The van der Waals surface area contributed by atoms with Crippen LogP contribution in [0.15, 0.2) is 40.9 Å². The summed E-state index contributed by atoms with van der Waals surface area (Å²) in [6.07, 6.45) is 1.51. The predicted octanol–water partition coefficient (Wildman–Crippen LogP) is 4.02. The van der Waals surface area contributed by atoms with E-state index in [4.69, 9.17) is 4.74 Å². The molecule has 0 unspecified atom stereocenters. The van der Waals surface area contributed by atoms with Crippen molar-refractivity contribution in [2.75, 3.05) is 6.61 Å². The molecule has 0 aliphatic carbocycles. The molecule has 0 saturated carbocycles. The van der Waals surface area contributed by atoms with Crippen molar-refractivity contribution in [3.8, 4) is 0 Å². The van der Waals surface area contributed by atoms with Gasteiger partial charge in [-0.25, -0.2) is 14.2 Å². The fourth-order valence-electron chi connectivity index (χ4n) is 3.11. The largest absolute Gasteiger partial charge is 0.478 e. The lowest BCUT2D eigenvalue weighted by atomic mass is 10.1. The minimum Gasteiger partial charge on any atom is -0.478 e. The van der Waals surface area contributed by atoms with Gasteiger partial charge < -0.3 is 14.4 Å². The molecule has 0 spiro atoms. The minimum absolute atomic E-state index is 0.0984. The molecule has 3 aromatic rings. The predicted molar refractivity (Wildman–Crippen MR) is 98.0 cm³/mol. The molecule has 1 aliphatic heterocycles. The van der Waals surface area contributed by atoms with Gasteiger partial charge in [-0.15, -0.1) is 0 Å². The quantitative estimate of drug-likeness (QED) is 0.679. The zero-order valence-corrected chi connectivity index (χ0v) is 15.4. The van der Waals surface area contributed by atoms with Crippen LogP contribution in [0.5, 0.6) is 0 Å². The lowest BCUT2D eigenvalue weighted by Crippen LogP contribution is -2.31. The molecule has 1 N–H and O–H groups in total. The Morgan fingerprint density at radius 3 is 2.81 bits per heavy atom. The smallest absolute Gasteiger partial charge is 0.335 e. The van der Waals surface area contributed by atoms with Crippen LogP contribution in [0.3, 0.4) is 0 Å². The molecule has 7 heteroatoms. The van der Waals surface area contributed by atoms with Crippen LogP contribution in [0.1, 0.15) is 28.2 Å². The Hall–Kier alpha value is -2.25. The number of rotatable bonds is 5. The van der Waals surface area contributed by atoms with Gasteiger partial charge in [-0.05, 0) is 58.2 Å². The van der Waals surface area contributed by atoms with Crippen LogP contribution in [0.4, 0.5) is 4.39 Å². The maximum Gasteiger partial charge on any atom is 0.335 e. The van der Waals surface area contributed by atoms with Crippen molar-refractivity contribution in [3.63, 3.8) is 0 Å². The molecular formula is C19H16BrFN2O3. The summed E-state index contributed by atoms with van der Waals surface area (Å²) in [5, 5.41) is 9.27. The Bertz CT molecular complexity index is 998. The molecule has 1 aromatic heterocycles. The van der Waals surface area contributed by atoms with Gasteiger partial charge >= 0.3 is 5.97 Å². The van der Waals surface area contributed by atoms with E-state index in [0.717, 1.165) is 35.4 Å². The average Bonchev–Trinajstić information content (AvgIpc) is 2.90. The lowest BCUT2D eigenvalue weighted by molar-refractivity contribution is -0.0589. The first-order chi connectivity index (χ1) is 12.5. The third-order valence-electron chi connectivity index (χ3n) is 4.60. The van der Waals surface area contributed by atoms with E-state index in [1.54, 1.807) is 24.3 Å². The van der Waals surface area contributed by atoms with Crippen LogP contribution in [-0.2, 0) is 17.7 Å². The highest BCUT2D eigenvalue weighted by molar-refractivity contribution is 9.10. The summed E-state index contributed by atoms with van der Waals surface area (Å²) in [6.45, 7) is 1.35. The molecule has 1 atom stereocenters. The second kappa shape index (κ2) is 6.81. The summed E-state index contributed by atoms with van der Waals surface area (Å²) in [7, 11) is 0. The van der Waals surface area contributed by atoms with E-state index in [2.05, 4.69) is 20.9 Å². The Morgan fingerprint density at radius 1 is 1.35 bits per heavy atom. The molecule has 0 bridgehead atoms. The second-order valence-corrected chi connectivity index (χ2v) is 7.21. The number of hydrogen-bond donors (Lipinski definition) is 1. The van der Waals surface area contributed by atoms with Crippen molar-refractivity contribution < 1.29 is 19.0 Å². The van der Waals surface area contributed by atoms with E-state index < -0.39 is 5.97 Å². The van der Waals surface area contributed by atoms with Crippen molar-refractivity contribution in [2.45, 2.75) is 25.5 Å². The van der Waals surface area contributed by atoms with Gasteiger partial charge in [0.2, 0.25) is 0 Å². The highest BCUT2D eigenvalue weighted by Crippen LogP contribution is 2.25. The number of halogens is 2. The first-order valence-corrected chi connectivity index (χ1v) is 9.08. The van der Waals surface area contributed by atoms with Gasteiger partial charge in [-0.3, -0.25) is 0 Å². The van der Waals surface area contributed by atoms with Gasteiger partial charge in [0, 0.05) is 13.0 Å². The number of fused-ring (bicyclic) bond motifs is 1. The van der Waals surface area contributed by atoms with E-state index in [9.17, 15) is 14.3 Å². The number of carbonyl (C=O) groups is 1. The highest BCUT2D eigenvalue weighted by atomic mass is 79.9. The molecular weight excluding hydrogens is 403 g/mol. The third kappa shape index (κ3) is 3.24. The molecule has 0 amide bonds. The summed E-state index contributed by atoms with van der Waals surface area (Å²) in [4.78, 5) is 16.0. The number of nitrogens with zero attached hydrogens (tertiary/aromatic N) is 2. The molecule has 134 valence electrons. The normalized spacial score (nSPS) is 16.6. The van der Waals surface area contributed by atoms with Crippen LogP contribution in [-0.4, -0.2) is 33.3 Å². The number of ether oxygens (including phenoxy) is 1. The number of hydrogen-bond acceptors (Lipinski definition) is 3. The van der Waals surface area contributed by atoms with E-state index in [-0.39, 0.29) is 17.5 Å². The number of benzene rings is 2. The van der Waals surface area contributed by atoms with Gasteiger partial charge in [0.1, 0.15) is 11.6 Å². The van der Waals surface area contributed by atoms with Gasteiger partial charge in [-0.2, -0.15) is 0 Å². The highest BCUT2D eigenvalue weighted by Gasteiger charge is 2.22. The van der Waals surface area contributed by atoms with Crippen molar-refractivity contribution in [2.24, 2.45) is 0 Å². The van der Waals surface area contributed by atoms with Crippen LogP contribution in [0, 0.1) is 5.82 Å². The van der Waals surface area contributed by atoms with Gasteiger partial charge in [0.05, 0.1) is 33.7 Å². The molecule has 1 aliphatic rings. The second-order valence-electron chi connectivity index (χ2n) is 6.35. The summed E-state index contributed by atoms with van der Waals surface area (Å²) in [5.41, 5.74) is 2.50. The van der Waals surface area contributed by atoms with Gasteiger partial charge in [-0.1, -0.05) is 6.07 Å². The first-order valence-electron chi connectivity index (χ1n) is 8.29. The van der Waals surface area contributed by atoms with Crippen LogP contribution < -0.4 is 0 Å². The number of imidazole rings is 1. The summed E-state index contributed by atoms with van der Waals surface area (Å²) in [6, 6.07) is 9.90. The number of carboxylic acid groups (broad SMARTS) is 1. The fraction of sp³-hybridized carbons (Fsp3) is 0.263. The molecule has 4 rings (SSSR count). The summed E-state index contributed by atoms with van der Waals surface area (Å²) < 4.78 is 21.8. The number of aromatic carboxylic acids is 1. The maximum absolute atomic E-state index is 13.8. The van der Waals surface area contributed by atoms with Crippen molar-refractivity contribution in [3.05, 3.63) is 63.6 Å². The van der Waals surface area contributed by atoms with E-state index in [1.165, 1.54) is 6.07 Å². The molecule has 0 radical (unpaired) electrons. The molecule has 5 nitrogen and oxygen atoms in total. The summed E-state index contributed by atoms with van der Waals surface area (Å²) in [5.74, 6) is -0.531. The molecule has 1 fully saturated rings. The minimum atomic E-state index is -0.976. The molecule has 2 heterocycles. The number of carboxylic acids is 1. The van der Waals surface area contributed by atoms with E-state index in [1.807, 2.05) is 10.6 Å². The van der Waals surface area contributed by atoms with Crippen molar-refractivity contribution in [1.29, 1.82) is 0 Å². The van der Waals surface area contributed by atoms with Crippen LogP contribution in [0.2, 0.25) is 0 Å². The molecule has 26 heavy (non-hydrogen) atoms. The Kier molecular flexibility index (Phi) is 4.50. The van der Waals surface area contributed by atoms with Gasteiger partial charge in [0.15, 0.2) is 0 Å². The Morgan fingerprint density at radius 2 is 2.15 bits per heavy atom. The maximum atomic E-state index is 13.8. The van der Waals surface area contributed by atoms with Gasteiger partial charge in [0.25, 0.3) is 0 Å². The molecule has 1 saturated heterocycles. The fourth-order valence-corrected chi connectivity index (χ4v) is 3.36. The zero-order valence-electron chi connectivity index (χ0n) is 13.8. The molecule has 2 aromatic carbocycles. The van der Waals surface area contributed by atoms with Crippen LogP contribution in [0.25, 0.3) is 11.0 Å². The van der Waals surface area contributed by atoms with Crippen molar-refractivity contribution in [1.82, 2.24) is 9.55 Å². The average molecular weight is 419 g/mol. The lowest BCUT2D eigenvalue weighted by Gasteiger charge is -2.27. The SMILES string of the molecule is O=C(O)c1ccc2nc(Cc3ccc(Br)c(F)c3)n(C[C@@H]3CCO3)c2c1. The number of aromatic nitrogens is 2. The summed E-state index contributed by atoms with van der Waals surface area (Å²) >= 11 is 3.16. The third-order valence-corrected chi connectivity index (χ3v) is 5.24. The van der Waals surface area contributed by atoms with Crippen LogP contribution >= 0.6 is 15.9 Å². The topological polar surface area (TPSA) is 64.3 Å². The van der Waals surface area contributed by atoms with E-state index >= 15 is 0 Å². The van der Waals surface area contributed by atoms with Crippen molar-refractivity contribution >= 4 is 32.9 Å². The Balaban J connectivity index is 1.77. The Labute approximate surface area is 157 Å². The first kappa shape index (κ1) is 17.2. The zero-order chi connectivity index (χ0) is 18.3.